The van der Waals surface area contributed by atoms with E-state index in [1.165, 1.54) is 0 Å². The van der Waals surface area contributed by atoms with Crippen LogP contribution in [0.5, 0.6) is 0 Å². The largest absolute Gasteiger partial charge is 0.348 e. The summed E-state index contributed by atoms with van der Waals surface area (Å²) >= 11 is 11.6. The van der Waals surface area contributed by atoms with Gasteiger partial charge < -0.3 is 5.32 Å². The number of rotatable bonds is 4. The van der Waals surface area contributed by atoms with E-state index in [1.54, 1.807) is 6.07 Å². The number of aryl methyl sites for hydroxylation is 1. The topological polar surface area (TPSA) is 29.1 Å². The van der Waals surface area contributed by atoms with Gasteiger partial charge in [0.25, 0.3) is 5.91 Å². The van der Waals surface area contributed by atoms with Gasteiger partial charge in [0.05, 0.1) is 0 Å². The fraction of sp³-hybridized carbons (Fsp3) is 0.417. The molecule has 4 heteroatoms. The first kappa shape index (κ1) is 13.3. The maximum Gasteiger partial charge on any atom is 0.251 e. The second-order valence-corrected chi connectivity index (χ2v) is 4.50. The molecule has 1 aromatic carbocycles. The zero-order valence-electron chi connectivity index (χ0n) is 9.39. The number of nitrogens with one attached hydrogen (secondary N) is 1. The summed E-state index contributed by atoms with van der Waals surface area (Å²) in [5, 5.41) is 3.43. The fourth-order valence-corrected chi connectivity index (χ4v) is 1.97. The minimum Gasteiger partial charge on any atom is -0.348 e. The Morgan fingerprint density at radius 3 is 2.62 bits per heavy atom. The van der Waals surface area contributed by atoms with Gasteiger partial charge in [-0.2, -0.15) is 0 Å². The molecule has 0 aliphatic carbocycles. The Labute approximate surface area is 106 Å². The average Bonchev–Trinajstić information content (AvgIpc) is 2.24. The second kappa shape index (κ2) is 6.12. The monoisotopic (exact) mass is 259 g/mol. The van der Waals surface area contributed by atoms with Crippen molar-refractivity contribution >= 4 is 29.1 Å². The molecule has 0 radical (unpaired) electrons. The number of carbonyl (C=O) groups is 1. The minimum atomic E-state index is -0.127. The van der Waals surface area contributed by atoms with Crippen LogP contribution in [0.3, 0.4) is 0 Å². The third kappa shape index (κ3) is 3.69. The zero-order valence-corrected chi connectivity index (χ0v) is 10.9. The van der Waals surface area contributed by atoms with E-state index >= 15 is 0 Å². The van der Waals surface area contributed by atoms with Gasteiger partial charge in [0, 0.05) is 22.5 Å². The lowest BCUT2D eigenvalue weighted by molar-refractivity contribution is 0.0939. The molecule has 1 amide bonds. The minimum absolute atomic E-state index is 0.00783. The van der Waals surface area contributed by atoms with E-state index in [9.17, 15) is 4.79 Å². The summed E-state index contributed by atoms with van der Waals surface area (Å²) in [4.78, 5) is 11.8. The van der Waals surface area contributed by atoms with Crippen molar-refractivity contribution in [1.29, 1.82) is 0 Å². The Morgan fingerprint density at radius 2 is 2.12 bits per heavy atom. The van der Waals surface area contributed by atoms with Gasteiger partial charge in [0.15, 0.2) is 0 Å². The van der Waals surface area contributed by atoms with Gasteiger partial charge in [0.1, 0.15) is 0 Å². The van der Waals surface area contributed by atoms with Gasteiger partial charge >= 0.3 is 0 Å². The number of benzene rings is 1. The van der Waals surface area contributed by atoms with Crippen molar-refractivity contribution in [1.82, 2.24) is 5.32 Å². The van der Waals surface area contributed by atoms with Gasteiger partial charge in [-0.05, 0) is 37.1 Å². The number of amides is 1. The quantitative estimate of drug-likeness (QED) is 0.826. The van der Waals surface area contributed by atoms with E-state index < -0.39 is 0 Å². The zero-order chi connectivity index (χ0) is 12.1. The Balaban J connectivity index is 2.80. The summed E-state index contributed by atoms with van der Waals surface area (Å²) in [6.07, 6.45) is 0.814. The molecule has 0 spiro atoms. The van der Waals surface area contributed by atoms with Crippen LogP contribution in [0.1, 0.15) is 29.3 Å². The number of hydrogen-bond donors (Lipinski definition) is 1. The molecule has 0 aliphatic heterocycles. The van der Waals surface area contributed by atoms with Crippen LogP contribution in [0.2, 0.25) is 5.02 Å². The second-order valence-electron chi connectivity index (χ2n) is 3.75. The molecule has 1 aromatic rings. The van der Waals surface area contributed by atoms with E-state index in [1.807, 2.05) is 26.0 Å². The molecular formula is C12H15Cl2NO. The lowest BCUT2D eigenvalue weighted by Gasteiger charge is -2.14. The normalized spacial score (nSPS) is 12.2. The molecule has 88 valence electrons. The number of hydrogen-bond acceptors (Lipinski definition) is 1. The van der Waals surface area contributed by atoms with E-state index in [-0.39, 0.29) is 11.9 Å². The summed E-state index contributed by atoms with van der Waals surface area (Å²) in [7, 11) is 0. The smallest absolute Gasteiger partial charge is 0.251 e. The maximum absolute atomic E-state index is 11.8. The fourth-order valence-electron chi connectivity index (χ4n) is 1.39. The SMILES string of the molecule is CCC(CCl)NC(=O)c1cc(C)cc(Cl)c1. The van der Waals surface area contributed by atoms with Crippen LogP contribution in [-0.4, -0.2) is 17.8 Å². The molecular weight excluding hydrogens is 245 g/mol. The van der Waals surface area contributed by atoms with E-state index in [0.717, 1.165) is 12.0 Å². The summed E-state index contributed by atoms with van der Waals surface area (Å²) in [6, 6.07) is 5.29. The third-order valence-corrected chi connectivity index (χ3v) is 2.91. The molecule has 1 atom stereocenters. The first-order chi connectivity index (χ1) is 7.56. The Hall–Kier alpha value is -0.730. The number of carbonyl (C=O) groups excluding carboxylic acids is 1. The Kier molecular flexibility index (Phi) is 5.10. The highest BCUT2D eigenvalue weighted by Gasteiger charge is 2.11. The molecule has 0 aliphatic rings. The predicted octanol–water partition coefficient (Wildman–Crippen LogP) is 3.40. The third-order valence-electron chi connectivity index (χ3n) is 2.32. The molecule has 0 bridgehead atoms. The van der Waals surface area contributed by atoms with Crippen molar-refractivity contribution < 1.29 is 4.79 Å². The van der Waals surface area contributed by atoms with Crippen molar-refractivity contribution in [3.05, 3.63) is 34.3 Å². The first-order valence-corrected chi connectivity index (χ1v) is 6.12. The van der Waals surface area contributed by atoms with Crippen LogP contribution in [0.4, 0.5) is 0 Å². The first-order valence-electron chi connectivity index (χ1n) is 5.20. The predicted molar refractivity (Wildman–Crippen MR) is 68.5 cm³/mol. The van der Waals surface area contributed by atoms with Crippen molar-refractivity contribution in [2.24, 2.45) is 0 Å². The van der Waals surface area contributed by atoms with Crippen LogP contribution >= 0.6 is 23.2 Å². The summed E-state index contributed by atoms with van der Waals surface area (Å²) in [6.45, 7) is 3.89. The maximum atomic E-state index is 11.8. The summed E-state index contributed by atoms with van der Waals surface area (Å²) < 4.78 is 0. The summed E-state index contributed by atoms with van der Waals surface area (Å²) in [5.41, 5.74) is 1.55. The van der Waals surface area contributed by atoms with E-state index in [4.69, 9.17) is 23.2 Å². The molecule has 1 rings (SSSR count). The molecule has 0 aromatic heterocycles. The van der Waals surface area contributed by atoms with Crippen molar-refractivity contribution in [3.8, 4) is 0 Å². The molecule has 0 fully saturated rings. The molecule has 0 heterocycles. The highest BCUT2D eigenvalue weighted by Crippen LogP contribution is 2.14. The van der Waals surface area contributed by atoms with Crippen LogP contribution in [0.15, 0.2) is 18.2 Å². The molecule has 16 heavy (non-hydrogen) atoms. The van der Waals surface area contributed by atoms with Crippen LogP contribution < -0.4 is 5.32 Å². The van der Waals surface area contributed by atoms with Crippen molar-refractivity contribution in [2.75, 3.05) is 5.88 Å². The van der Waals surface area contributed by atoms with Crippen molar-refractivity contribution in [3.63, 3.8) is 0 Å². The molecule has 1 unspecified atom stereocenters. The van der Waals surface area contributed by atoms with Crippen LogP contribution in [0.25, 0.3) is 0 Å². The van der Waals surface area contributed by atoms with Gasteiger partial charge in [-0.1, -0.05) is 18.5 Å². The summed E-state index contributed by atoms with van der Waals surface area (Å²) in [5.74, 6) is 0.292. The van der Waals surface area contributed by atoms with Gasteiger partial charge in [-0.15, -0.1) is 11.6 Å². The Morgan fingerprint density at radius 1 is 1.44 bits per heavy atom. The number of alkyl halides is 1. The van der Waals surface area contributed by atoms with Crippen LogP contribution in [-0.2, 0) is 0 Å². The lowest BCUT2D eigenvalue weighted by Crippen LogP contribution is -2.35. The average molecular weight is 260 g/mol. The van der Waals surface area contributed by atoms with Gasteiger partial charge in [-0.3, -0.25) is 4.79 Å². The van der Waals surface area contributed by atoms with Gasteiger partial charge in [-0.25, -0.2) is 0 Å². The molecule has 2 nitrogen and oxygen atoms in total. The standard InChI is InChI=1S/C12H15Cl2NO/c1-3-11(7-13)15-12(16)9-4-8(2)5-10(14)6-9/h4-6,11H,3,7H2,1-2H3,(H,15,16). The van der Waals surface area contributed by atoms with E-state index in [2.05, 4.69) is 5.32 Å². The molecule has 0 saturated heterocycles. The van der Waals surface area contributed by atoms with Gasteiger partial charge in [0.2, 0.25) is 0 Å². The van der Waals surface area contributed by atoms with Crippen LogP contribution in [0, 0.1) is 6.92 Å². The lowest BCUT2D eigenvalue weighted by atomic mass is 10.1. The highest BCUT2D eigenvalue weighted by atomic mass is 35.5. The van der Waals surface area contributed by atoms with E-state index in [0.29, 0.717) is 16.5 Å². The highest BCUT2D eigenvalue weighted by molar-refractivity contribution is 6.31. The Bertz CT molecular complexity index is 355. The molecule has 1 N–H and O–H groups in total. The van der Waals surface area contributed by atoms with Crippen molar-refractivity contribution in [2.45, 2.75) is 26.3 Å². The number of halogens is 2. The molecule has 0 saturated carbocycles.